The van der Waals surface area contributed by atoms with Gasteiger partial charge in [0.25, 0.3) is 5.91 Å². The minimum absolute atomic E-state index is 0.0522. The molecule has 2 heterocycles. The van der Waals surface area contributed by atoms with Crippen LogP contribution in [0.5, 0.6) is 0 Å². The molecule has 0 bridgehead atoms. The summed E-state index contributed by atoms with van der Waals surface area (Å²) in [4.78, 5) is 29.8. The molecule has 0 saturated heterocycles. The summed E-state index contributed by atoms with van der Waals surface area (Å²) in [6, 6.07) is 13.7. The molecule has 0 aliphatic carbocycles. The first-order valence-corrected chi connectivity index (χ1v) is 11.8. The largest absolute Gasteiger partial charge is 0.298 e. The van der Waals surface area contributed by atoms with Gasteiger partial charge in [-0.15, -0.1) is 0 Å². The molecular weight excluding hydrogens is 456 g/mol. The van der Waals surface area contributed by atoms with Crippen LogP contribution in [0.4, 0.5) is 5.13 Å². The van der Waals surface area contributed by atoms with Gasteiger partial charge in [0.15, 0.2) is 10.9 Å². The number of ketones is 1. The highest BCUT2D eigenvalue weighted by Crippen LogP contribution is 2.35. The fourth-order valence-electron chi connectivity index (χ4n) is 3.55. The Morgan fingerprint density at radius 2 is 1.77 bits per heavy atom. The molecule has 0 radical (unpaired) electrons. The van der Waals surface area contributed by atoms with Crippen molar-refractivity contribution in [3.8, 4) is 0 Å². The summed E-state index contributed by atoms with van der Waals surface area (Å²) < 4.78 is 27.0. The van der Waals surface area contributed by atoms with Crippen molar-refractivity contribution in [3.63, 3.8) is 0 Å². The van der Waals surface area contributed by atoms with Crippen LogP contribution in [0.15, 0.2) is 64.4 Å². The molecule has 0 atom stereocenters. The Labute approximate surface area is 186 Å². The zero-order valence-corrected chi connectivity index (χ0v) is 18.4. The average molecular weight is 469 g/mol. The van der Waals surface area contributed by atoms with E-state index in [0.717, 1.165) is 10.3 Å². The molecule has 1 N–H and O–H groups in total. The summed E-state index contributed by atoms with van der Waals surface area (Å²) in [5.74, 6) is -0.905. The summed E-state index contributed by atoms with van der Waals surface area (Å²) >= 11 is 7.42. The second kappa shape index (κ2) is 6.98. The molecule has 0 saturated carbocycles. The molecule has 0 spiro atoms. The molecule has 0 unspecified atom stereocenters. The van der Waals surface area contributed by atoms with Crippen molar-refractivity contribution in [2.24, 2.45) is 0 Å². The number of hydrogen-bond donors (Lipinski definition) is 1. The molecular formula is C22H13ClN2O4S2. The summed E-state index contributed by atoms with van der Waals surface area (Å²) in [5, 5.41) is 3.66. The smallest absolute Gasteiger partial charge is 0.257 e. The third-order valence-electron chi connectivity index (χ3n) is 5.17. The molecule has 3 aromatic carbocycles. The lowest BCUT2D eigenvalue weighted by atomic mass is 10.0. The Bertz CT molecular complexity index is 1540. The fraction of sp³-hybridized carbons (Fsp3) is 0.0455. The first-order valence-electron chi connectivity index (χ1n) is 9.17. The lowest BCUT2D eigenvalue weighted by molar-refractivity contribution is 0.101. The predicted molar refractivity (Wildman–Crippen MR) is 119 cm³/mol. The lowest BCUT2D eigenvalue weighted by Gasteiger charge is -2.19. The number of halogens is 1. The number of carbonyl (C=O) groups is 2. The van der Waals surface area contributed by atoms with Crippen molar-refractivity contribution in [2.75, 3.05) is 5.32 Å². The normalized spacial score (nSPS) is 14.2. The highest BCUT2D eigenvalue weighted by molar-refractivity contribution is 7.91. The van der Waals surface area contributed by atoms with E-state index >= 15 is 0 Å². The van der Waals surface area contributed by atoms with Gasteiger partial charge in [-0.25, -0.2) is 13.4 Å². The number of carbonyl (C=O) groups excluding carboxylic acids is 2. The van der Waals surface area contributed by atoms with Crippen molar-refractivity contribution < 1.29 is 18.0 Å². The Morgan fingerprint density at radius 3 is 2.58 bits per heavy atom. The van der Waals surface area contributed by atoms with Crippen molar-refractivity contribution in [1.29, 1.82) is 0 Å². The van der Waals surface area contributed by atoms with E-state index in [9.17, 15) is 18.0 Å². The van der Waals surface area contributed by atoms with E-state index in [1.165, 1.54) is 41.7 Å². The number of anilines is 1. The molecule has 0 fully saturated rings. The van der Waals surface area contributed by atoms with E-state index in [4.69, 9.17) is 11.6 Å². The minimum Gasteiger partial charge on any atom is -0.298 e. The molecule has 1 aliphatic rings. The average Bonchev–Trinajstić information content (AvgIpc) is 3.18. The highest BCUT2D eigenvalue weighted by atomic mass is 35.5. The number of hydrogen-bond acceptors (Lipinski definition) is 6. The summed E-state index contributed by atoms with van der Waals surface area (Å²) in [5.41, 5.74) is 1.82. The Hall–Kier alpha value is -3.07. The fourth-order valence-corrected chi connectivity index (χ4v) is 6.30. The third kappa shape index (κ3) is 3.06. The molecule has 154 valence electrons. The molecule has 5 rings (SSSR count). The minimum atomic E-state index is -3.92. The number of aromatic nitrogens is 1. The standard InChI is InChI=1S/C22H13ClN2O4S2/c1-11-15(23)8-9-16-19(11)24-22(30-16)25-21(27)12-6-7-14-18(10-12)31(28,29)17-5-3-2-4-13(17)20(14)26/h2-10H,1H3,(H,24,25,27). The van der Waals surface area contributed by atoms with Crippen LogP contribution in [0, 0.1) is 6.92 Å². The second-order valence-corrected chi connectivity index (χ2v) is 10.4. The van der Waals surface area contributed by atoms with E-state index < -0.39 is 15.7 Å². The number of amides is 1. The van der Waals surface area contributed by atoms with Crippen LogP contribution < -0.4 is 5.32 Å². The van der Waals surface area contributed by atoms with Gasteiger partial charge in [0, 0.05) is 21.7 Å². The Balaban J connectivity index is 1.53. The first kappa shape index (κ1) is 19.9. The number of nitrogens with one attached hydrogen (secondary N) is 1. The number of sulfone groups is 1. The van der Waals surface area contributed by atoms with Gasteiger partial charge in [-0.1, -0.05) is 35.1 Å². The van der Waals surface area contributed by atoms with Gasteiger partial charge < -0.3 is 0 Å². The van der Waals surface area contributed by atoms with Gasteiger partial charge in [-0.3, -0.25) is 14.9 Å². The SMILES string of the molecule is Cc1c(Cl)ccc2sc(NC(=O)c3ccc4c(c3)S(=O)(=O)c3ccccc3C4=O)nc12. The van der Waals surface area contributed by atoms with Gasteiger partial charge in [0.1, 0.15) is 0 Å². The maximum absolute atomic E-state index is 13.1. The molecule has 31 heavy (non-hydrogen) atoms. The quantitative estimate of drug-likeness (QED) is 0.398. The van der Waals surface area contributed by atoms with E-state index in [2.05, 4.69) is 10.3 Å². The number of aryl methyl sites for hydroxylation is 1. The van der Waals surface area contributed by atoms with Crippen LogP contribution in [0.1, 0.15) is 31.8 Å². The van der Waals surface area contributed by atoms with Crippen LogP contribution in [0.25, 0.3) is 10.2 Å². The second-order valence-electron chi connectivity index (χ2n) is 7.03. The van der Waals surface area contributed by atoms with Crippen LogP contribution in [-0.2, 0) is 9.84 Å². The van der Waals surface area contributed by atoms with Crippen molar-refractivity contribution in [1.82, 2.24) is 4.98 Å². The Kier molecular flexibility index (Phi) is 4.47. The number of benzene rings is 3. The number of rotatable bonds is 2. The summed E-state index contributed by atoms with van der Waals surface area (Å²) in [6.45, 7) is 1.85. The molecule has 4 aromatic rings. The summed E-state index contributed by atoms with van der Waals surface area (Å²) in [6.07, 6.45) is 0. The number of thiazole rings is 1. The van der Waals surface area contributed by atoms with Crippen LogP contribution >= 0.6 is 22.9 Å². The van der Waals surface area contributed by atoms with E-state index in [1.807, 2.05) is 13.0 Å². The molecule has 6 nitrogen and oxygen atoms in total. The van der Waals surface area contributed by atoms with Gasteiger partial charge in [0.05, 0.1) is 20.0 Å². The monoisotopic (exact) mass is 468 g/mol. The zero-order valence-electron chi connectivity index (χ0n) is 16.0. The third-order valence-corrected chi connectivity index (χ3v) is 8.36. The van der Waals surface area contributed by atoms with E-state index in [-0.39, 0.29) is 32.3 Å². The molecule has 9 heteroatoms. The van der Waals surface area contributed by atoms with E-state index in [0.29, 0.717) is 15.7 Å². The van der Waals surface area contributed by atoms with Crippen LogP contribution in [0.3, 0.4) is 0 Å². The summed E-state index contributed by atoms with van der Waals surface area (Å²) in [7, 11) is -3.92. The number of nitrogens with zero attached hydrogens (tertiary/aromatic N) is 1. The first-order chi connectivity index (χ1) is 14.8. The molecule has 1 aliphatic heterocycles. The van der Waals surface area contributed by atoms with E-state index in [1.54, 1.807) is 18.2 Å². The Morgan fingerprint density at radius 1 is 1.03 bits per heavy atom. The topological polar surface area (TPSA) is 93.2 Å². The van der Waals surface area contributed by atoms with Gasteiger partial charge in [0.2, 0.25) is 9.84 Å². The number of fused-ring (bicyclic) bond motifs is 3. The van der Waals surface area contributed by atoms with Crippen molar-refractivity contribution in [2.45, 2.75) is 16.7 Å². The highest BCUT2D eigenvalue weighted by Gasteiger charge is 2.35. The molecule has 1 aromatic heterocycles. The lowest BCUT2D eigenvalue weighted by Crippen LogP contribution is -2.21. The molecule has 1 amide bonds. The van der Waals surface area contributed by atoms with Crippen molar-refractivity contribution >= 4 is 59.8 Å². The maximum atomic E-state index is 13.1. The van der Waals surface area contributed by atoms with Gasteiger partial charge in [-0.05, 0) is 55.0 Å². The van der Waals surface area contributed by atoms with Gasteiger partial charge in [-0.2, -0.15) is 0 Å². The predicted octanol–water partition coefficient (Wildman–Crippen LogP) is 4.89. The van der Waals surface area contributed by atoms with Crippen LogP contribution in [0.2, 0.25) is 5.02 Å². The van der Waals surface area contributed by atoms with Gasteiger partial charge >= 0.3 is 0 Å². The zero-order chi connectivity index (χ0) is 21.9. The van der Waals surface area contributed by atoms with Crippen LogP contribution in [-0.4, -0.2) is 25.1 Å². The maximum Gasteiger partial charge on any atom is 0.257 e. The van der Waals surface area contributed by atoms with Crippen molar-refractivity contribution in [3.05, 3.63) is 81.9 Å².